The molecule has 1 aromatic rings. The van der Waals surface area contributed by atoms with E-state index in [1.165, 1.54) is 6.42 Å². The molecule has 0 saturated heterocycles. The fraction of sp³-hybridized carbons (Fsp3) is 0.333. The van der Waals surface area contributed by atoms with E-state index in [0.29, 0.717) is 5.78 Å². The third-order valence-electron chi connectivity index (χ3n) is 2.71. The maximum atomic E-state index is 10.7. The highest BCUT2D eigenvalue weighted by molar-refractivity contribution is 5.80. The van der Waals surface area contributed by atoms with Gasteiger partial charge >= 0.3 is 0 Å². The number of aldehydes is 1. The standard InChI is InChI=1S/C8H12O.C7H6O/c1-7(9)8-5-3-2-4-6-8;8-6-7-4-2-1-3-5-7/h3,5,8H,2,4,6H2,1H3;1-6H. The number of hydrogen-bond donors (Lipinski definition) is 0. The Kier molecular flexibility index (Phi) is 5.94. The summed E-state index contributed by atoms with van der Waals surface area (Å²) in [7, 11) is 0. The van der Waals surface area contributed by atoms with Crippen LogP contribution in [0.1, 0.15) is 36.5 Å². The molecule has 0 amide bonds. The molecule has 0 fully saturated rings. The van der Waals surface area contributed by atoms with Crippen molar-refractivity contribution in [2.24, 2.45) is 5.92 Å². The van der Waals surface area contributed by atoms with E-state index in [1.54, 1.807) is 19.1 Å². The Balaban J connectivity index is 0.000000171. The van der Waals surface area contributed by atoms with Crippen molar-refractivity contribution in [2.45, 2.75) is 26.2 Å². The van der Waals surface area contributed by atoms with Crippen LogP contribution in [-0.2, 0) is 4.79 Å². The van der Waals surface area contributed by atoms with Gasteiger partial charge in [-0.15, -0.1) is 0 Å². The zero-order valence-electron chi connectivity index (χ0n) is 10.1. The first kappa shape index (κ1) is 13.4. The smallest absolute Gasteiger partial charge is 0.150 e. The zero-order valence-corrected chi connectivity index (χ0v) is 10.1. The van der Waals surface area contributed by atoms with Crippen LogP contribution in [0.4, 0.5) is 0 Å². The summed E-state index contributed by atoms with van der Waals surface area (Å²) in [4.78, 5) is 20.8. The summed E-state index contributed by atoms with van der Waals surface area (Å²) in [6, 6.07) is 9.10. The molecule has 0 aromatic heterocycles. The van der Waals surface area contributed by atoms with Gasteiger partial charge in [-0.2, -0.15) is 0 Å². The number of allylic oxidation sites excluding steroid dienone is 2. The molecular weight excluding hydrogens is 212 g/mol. The molecule has 17 heavy (non-hydrogen) atoms. The van der Waals surface area contributed by atoms with E-state index in [1.807, 2.05) is 24.3 Å². The molecule has 0 radical (unpaired) electrons. The Morgan fingerprint density at radius 2 is 2.00 bits per heavy atom. The normalized spacial score (nSPS) is 17.8. The molecule has 1 unspecified atom stereocenters. The summed E-state index contributed by atoms with van der Waals surface area (Å²) in [5, 5.41) is 0. The summed E-state index contributed by atoms with van der Waals surface area (Å²) < 4.78 is 0. The Labute approximate surface area is 102 Å². The second kappa shape index (κ2) is 7.55. The molecule has 0 spiro atoms. The quantitative estimate of drug-likeness (QED) is 0.576. The highest BCUT2D eigenvalue weighted by atomic mass is 16.1. The van der Waals surface area contributed by atoms with Gasteiger partial charge in [-0.25, -0.2) is 0 Å². The highest BCUT2D eigenvalue weighted by Crippen LogP contribution is 2.16. The van der Waals surface area contributed by atoms with E-state index in [4.69, 9.17) is 0 Å². The third-order valence-corrected chi connectivity index (χ3v) is 2.71. The average molecular weight is 230 g/mol. The van der Waals surface area contributed by atoms with Crippen molar-refractivity contribution in [3.8, 4) is 0 Å². The van der Waals surface area contributed by atoms with E-state index in [9.17, 15) is 9.59 Å². The minimum absolute atomic E-state index is 0.235. The van der Waals surface area contributed by atoms with E-state index in [2.05, 4.69) is 6.08 Å². The molecule has 2 nitrogen and oxygen atoms in total. The lowest BCUT2D eigenvalue weighted by Gasteiger charge is -2.11. The second-order valence-electron chi connectivity index (χ2n) is 4.10. The largest absolute Gasteiger partial charge is 0.299 e. The second-order valence-corrected chi connectivity index (χ2v) is 4.10. The number of carbonyl (C=O) groups excluding carboxylic acids is 2. The van der Waals surface area contributed by atoms with Crippen molar-refractivity contribution < 1.29 is 9.59 Å². The lowest BCUT2D eigenvalue weighted by molar-refractivity contribution is -0.119. The molecule has 0 heterocycles. The van der Waals surface area contributed by atoms with Gasteiger partial charge in [0.05, 0.1) is 0 Å². The van der Waals surface area contributed by atoms with Crippen molar-refractivity contribution in [1.29, 1.82) is 0 Å². The van der Waals surface area contributed by atoms with Gasteiger partial charge in [0, 0.05) is 11.5 Å². The first-order valence-corrected chi connectivity index (χ1v) is 5.91. The molecule has 0 aliphatic heterocycles. The molecule has 90 valence electrons. The molecule has 1 aromatic carbocycles. The van der Waals surface area contributed by atoms with Gasteiger partial charge in [0.25, 0.3) is 0 Å². The third kappa shape index (κ3) is 5.25. The lowest BCUT2D eigenvalue weighted by atomic mass is 9.93. The molecule has 2 rings (SSSR count). The summed E-state index contributed by atoms with van der Waals surface area (Å²) >= 11 is 0. The van der Waals surface area contributed by atoms with Gasteiger partial charge in [-0.05, 0) is 26.2 Å². The molecule has 2 heteroatoms. The first-order chi connectivity index (χ1) is 8.24. The topological polar surface area (TPSA) is 34.1 Å². The summed E-state index contributed by atoms with van der Waals surface area (Å²) in [5.41, 5.74) is 0.729. The molecule has 0 N–H and O–H groups in total. The number of rotatable bonds is 2. The number of hydrogen-bond acceptors (Lipinski definition) is 2. The maximum absolute atomic E-state index is 10.7. The van der Waals surface area contributed by atoms with Crippen molar-refractivity contribution in [3.05, 3.63) is 48.0 Å². The lowest BCUT2D eigenvalue weighted by Crippen LogP contribution is -2.09. The molecule has 1 aliphatic rings. The number of ketones is 1. The summed E-state index contributed by atoms with van der Waals surface area (Å²) in [6.07, 6.45) is 8.37. The number of Topliss-reactive ketones (excluding diaryl/α,β-unsaturated/α-hetero) is 1. The summed E-state index contributed by atoms with van der Waals surface area (Å²) in [5.74, 6) is 0.546. The average Bonchev–Trinajstić information content (AvgIpc) is 2.41. The first-order valence-electron chi connectivity index (χ1n) is 5.91. The van der Waals surface area contributed by atoms with Gasteiger partial charge in [-0.3, -0.25) is 9.59 Å². The van der Waals surface area contributed by atoms with E-state index in [-0.39, 0.29) is 5.92 Å². The highest BCUT2D eigenvalue weighted by Gasteiger charge is 2.11. The van der Waals surface area contributed by atoms with Crippen LogP contribution in [0.2, 0.25) is 0 Å². The van der Waals surface area contributed by atoms with Crippen LogP contribution in [-0.4, -0.2) is 12.1 Å². The van der Waals surface area contributed by atoms with E-state index < -0.39 is 0 Å². The van der Waals surface area contributed by atoms with Crippen LogP contribution in [0.15, 0.2) is 42.5 Å². The van der Waals surface area contributed by atoms with Crippen LogP contribution >= 0.6 is 0 Å². The summed E-state index contributed by atoms with van der Waals surface area (Å²) in [6.45, 7) is 1.67. The molecule has 1 aliphatic carbocycles. The monoisotopic (exact) mass is 230 g/mol. The predicted molar refractivity (Wildman–Crippen MR) is 69.0 cm³/mol. The fourth-order valence-electron chi connectivity index (χ4n) is 1.68. The van der Waals surface area contributed by atoms with Crippen molar-refractivity contribution >= 4 is 12.1 Å². The van der Waals surface area contributed by atoms with Crippen LogP contribution in [0, 0.1) is 5.92 Å². The van der Waals surface area contributed by atoms with Gasteiger partial charge in [-0.1, -0.05) is 42.5 Å². The van der Waals surface area contributed by atoms with Crippen molar-refractivity contribution in [2.75, 3.05) is 0 Å². The molecule has 0 bridgehead atoms. The zero-order chi connectivity index (χ0) is 12.5. The van der Waals surface area contributed by atoms with Gasteiger partial charge in [0.1, 0.15) is 12.1 Å². The van der Waals surface area contributed by atoms with Crippen LogP contribution in [0.3, 0.4) is 0 Å². The van der Waals surface area contributed by atoms with E-state index >= 15 is 0 Å². The maximum Gasteiger partial charge on any atom is 0.150 e. The molecular formula is C15H18O2. The SMILES string of the molecule is CC(=O)C1C=CCCC1.O=Cc1ccccc1. The Morgan fingerprint density at radius 1 is 1.29 bits per heavy atom. The minimum Gasteiger partial charge on any atom is -0.299 e. The van der Waals surface area contributed by atoms with E-state index in [0.717, 1.165) is 24.7 Å². The minimum atomic E-state index is 0.235. The van der Waals surface area contributed by atoms with Crippen molar-refractivity contribution in [1.82, 2.24) is 0 Å². The van der Waals surface area contributed by atoms with Gasteiger partial charge < -0.3 is 0 Å². The predicted octanol–water partition coefficient (Wildman–Crippen LogP) is 3.43. The van der Waals surface area contributed by atoms with Gasteiger partial charge in [0.15, 0.2) is 0 Å². The van der Waals surface area contributed by atoms with Gasteiger partial charge in [0.2, 0.25) is 0 Å². The van der Waals surface area contributed by atoms with Crippen LogP contribution < -0.4 is 0 Å². The molecule has 0 saturated carbocycles. The Bertz CT molecular complexity index is 379. The van der Waals surface area contributed by atoms with Crippen LogP contribution in [0.25, 0.3) is 0 Å². The number of carbonyl (C=O) groups is 2. The fourth-order valence-corrected chi connectivity index (χ4v) is 1.68. The Hall–Kier alpha value is -1.70. The van der Waals surface area contributed by atoms with Crippen LogP contribution in [0.5, 0.6) is 0 Å². The van der Waals surface area contributed by atoms with Crippen molar-refractivity contribution in [3.63, 3.8) is 0 Å². The molecule has 1 atom stereocenters. The Morgan fingerprint density at radius 3 is 2.35 bits per heavy atom. The number of benzene rings is 1.